The zero-order valence-corrected chi connectivity index (χ0v) is 22.2. The molecule has 37 heavy (non-hydrogen) atoms. The molecule has 3 rings (SSSR count). The summed E-state index contributed by atoms with van der Waals surface area (Å²) < 4.78 is 50.2. The Labute approximate surface area is 215 Å². The topological polar surface area (TPSA) is 115 Å². The number of esters is 1. The third-order valence-electron chi connectivity index (χ3n) is 5.51. The first-order valence-electron chi connectivity index (χ1n) is 11.2. The molecule has 196 valence electrons. The SMILES string of the molecule is COC(=O)c1cc(NS(C)(=O)=O)ccc1/C=C/c1cc(-c2cc(F)c[nH]c2=O)cc(C(C)(C)C)c1OC. The number of anilines is 1. The number of benzene rings is 2. The molecule has 0 radical (unpaired) electrons. The van der Waals surface area contributed by atoms with E-state index in [2.05, 4.69) is 9.71 Å². The zero-order valence-electron chi connectivity index (χ0n) is 21.4. The van der Waals surface area contributed by atoms with Gasteiger partial charge < -0.3 is 14.5 Å². The quantitative estimate of drug-likeness (QED) is 0.336. The molecule has 3 aromatic rings. The van der Waals surface area contributed by atoms with Crippen molar-refractivity contribution in [2.45, 2.75) is 26.2 Å². The Morgan fingerprint density at radius 3 is 2.32 bits per heavy atom. The van der Waals surface area contributed by atoms with Gasteiger partial charge in [-0.3, -0.25) is 9.52 Å². The minimum absolute atomic E-state index is 0.139. The second kappa shape index (κ2) is 10.6. The van der Waals surface area contributed by atoms with Crippen LogP contribution in [-0.4, -0.2) is 39.8 Å². The van der Waals surface area contributed by atoms with Gasteiger partial charge in [-0.25, -0.2) is 17.6 Å². The lowest BCUT2D eigenvalue weighted by atomic mass is 9.83. The van der Waals surface area contributed by atoms with Crippen molar-refractivity contribution >= 4 is 33.8 Å². The summed E-state index contributed by atoms with van der Waals surface area (Å²) in [6.45, 7) is 5.96. The Kier molecular flexibility index (Phi) is 7.92. The summed E-state index contributed by atoms with van der Waals surface area (Å²) >= 11 is 0. The number of carbonyl (C=O) groups excluding carboxylic acids is 1. The van der Waals surface area contributed by atoms with E-state index in [4.69, 9.17) is 9.47 Å². The highest BCUT2D eigenvalue weighted by Gasteiger charge is 2.23. The second-order valence-corrected chi connectivity index (χ2v) is 11.2. The highest BCUT2D eigenvalue weighted by molar-refractivity contribution is 7.92. The number of pyridine rings is 1. The monoisotopic (exact) mass is 528 g/mol. The number of ether oxygens (including phenoxy) is 2. The maximum absolute atomic E-state index is 14.0. The molecule has 0 aliphatic rings. The van der Waals surface area contributed by atoms with E-state index >= 15 is 0 Å². The lowest BCUT2D eigenvalue weighted by Crippen LogP contribution is -2.15. The summed E-state index contributed by atoms with van der Waals surface area (Å²) in [6, 6.07) is 9.15. The first-order chi connectivity index (χ1) is 17.2. The van der Waals surface area contributed by atoms with Crippen LogP contribution < -0.4 is 15.0 Å². The van der Waals surface area contributed by atoms with E-state index in [1.807, 2.05) is 20.8 Å². The second-order valence-electron chi connectivity index (χ2n) is 9.46. The van der Waals surface area contributed by atoms with Gasteiger partial charge in [0.05, 0.1) is 26.0 Å². The molecule has 0 aliphatic heterocycles. The molecule has 1 heterocycles. The lowest BCUT2D eigenvalue weighted by Gasteiger charge is -2.24. The molecule has 0 atom stereocenters. The third-order valence-corrected chi connectivity index (χ3v) is 6.12. The molecular weight excluding hydrogens is 499 g/mol. The molecule has 1 aromatic heterocycles. The highest BCUT2D eigenvalue weighted by atomic mass is 32.2. The van der Waals surface area contributed by atoms with E-state index in [1.54, 1.807) is 30.4 Å². The summed E-state index contributed by atoms with van der Waals surface area (Å²) in [5, 5.41) is 0. The van der Waals surface area contributed by atoms with Crippen LogP contribution in [0.25, 0.3) is 23.3 Å². The average Bonchev–Trinajstić information content (AvgIpc) is 2.82. The summed E-state index contributed by atoms with van der Waals surface area (Å²) in [7, 11) is -0.794. The van der Waals surface area contributed by atoms with Gasteiger partial charge in [-0.05, 0) is 46.9 Å². The Bertz CT molecular complexity index is 1540. The van der Waals surface area contributed by atoms with Crippen LogP contribution in [0, 0.1) is 5.82 Å². The zero-order chi connectivity index (χ0) is 27.5. The van der Waals surface area contributed by atoms with Crippen molar-refractivity contribution in [3.8, 4) is 16.9 Å². The van der Waals surface area contributed by atoms with Crippen molar-refractivity contribution in [2.24, 2.45) is 0 Å². The van der Waals surface area contributed by atoms with E-state index in [-0.39, 0.29) is 22.2 Å². The van der Waals surface area contributed by atoms with Gasteiger partial charge in [0.25, 0.3) is 5.56 Å². The number of hydrogen-bond donors (Lipinski definition) is 2. The summed E-state index contributed by atoms with van der Waals surface area (Å²) in [4.78, 5) is 27.3. The lowest BCUT2D eigenvalue weighted by molar-refractivity contribution is 0.0600. The van der Waals surface area contributed by atoms with Crippen LogP contribution in [0.15, 0.2) is 47.4 Å². The van der Waals surface area contributed by atoms with Crippen molar-refractivity contribution < 1.29 is 27.1 Å². The summed E-state index contributed by atoms with van der Waals surface area (Å²) in [5.41, 5.74) is 2.00. The van der Waals surface area contributed by atoms with E-state index in [9.17, 15) is 22.4 Å². The number of aromatic amines is 1. The van der Waals surface area contributed by atoms with E-state index < -0.39 is 27.4 Å². The number of aromatic nitrogens is 1. The molecule has 0 bridgehead atoms. The first-order valence-corrected chi connectivity index (χ1v) is 13.1. The number of nitrogens with one attached hydrogen (secondary N) is 2. The van der Waals surface area contributed by atoms with Crippen molar-refractivity contribution in [3.05, 3.63) is 81.0 Å². The molecule has 10 heteroatoms. The Hall–Kier alpha value is -3.92. The summed E-state index contributed by atoms with van der Waals surface area (Å²) in [5.74, 6) is -0.681. The first kappa shape index (κ1) is 27.7. The van der Waals surface area contributed by atoms with Crippen molar-refractivity contribution in [2.75, 3.05) is 25.2 Å². The number of hydrogen-bond acceptors (Lipinski definition) is 6. The maximum Gasteiger partial charge on any atom is 0.338 e. The molecule has 0 amide bonds. The molecule has 0 unspecified atom stereocenters. The summed E-state index contributed by atoms with van der Waals surface area (Å²) in [6.07, 6.45) is 5.36. The predicted octanol–water partition coefficient (Wildman–Crippen LogP) is 4.82. The third kappa shape index (κ3) is 6.65. The van der Waals surface area contributed by atoms with Crippen LogP contribution in [0.2, 0.25) is 0 Å². The average molecular weight is 529 g/mol. The molecule has 2 aromatic carbocycles. The smallest absolute Gasteiger partial charge is 0.338 e. The van der Waals surface area contributed by atoms with Crippen LogP contribution >= 0.6 is 0 Å². The van der Waals surface area contributed by atoms with Crippen LogP contribution in [0.3, 0.4) is 0 Å². The minimum Gasteiger partial charge on any atom is -0.496 e. The standard InChI is InChI=1S/C27H29FN2O6S/c1-27(2,3)23-12-18(21-13-19(28)15-29-25(21)31)11-17(24(23)35-4)8-7-16-9-10-20(30-37(6,33)34)14-22(16)26(32)36-5/h7-15,30H,1-6H3,(H,29,31)/b8-7+. The van der Waals surface area contributed by atoms with Gasteiger partial charge in [0.2, 0.25) is 10.0 Å². The van der Waals surface area contributed by atoms with Gasteiger partial charge in [0, 0.05) is 28.6 Å². The number of H-pyrrole nitrogens is 1. The predicted molar refractivity (Wildman–Crippen MR) is 143 cm³/mol. The molecule has 8 nitrogen and oxygen atoms in total. The molecule has 0 saturated heterocycles. The fraction of sp³-hybridized carbons (Fsp3) is 0.259. The molecule has 0 aliphatic carbocycles. The maximum atomic E-state index is 14.0. The number of methoxy groups -OCH3 is 2. The van der Waals surface area contributed by atoms with E-state index in [1.165, 1.54) is 32.4 Å². The van der Waals surface area contributed by atoms with Crippen molar-refractivity contribution in [3.63, 3.8) is 0 Å². The normalized spacial score (nSPS) is 12.0. The van der Waals surface area contributed by atoms with Gasteiger partial charge in [-0.2, -0.15) is 0 Å². The molecule has 2 N–H and O–H groups in total. The number of rotatable bonds is 7. The number of carbonyl (C=O) groups is 1. The molecule has 0 fully saturated rings. The van der Waals surface area contributed by atoms with E-state index in [0.29, 0.717) is 22.4 Å². The van der Waals surface area contributed by atoms with Crippen molar-refractivity contribution in [1.82, 2.24) is 4.98 Å². The van der Waals surface area contributed by atoms with E-state index in [0.717, 1.165) is 18.0 Å². The van der Waals surface area contributed by atoms with Crippen LogP contribution in [0.5, 0.6) is 5.75 Å². The Balaban J connectivity index is 2.22. The number of sulfonamides is 1. The Morgan fingerprint density at radius 2 is 1.73 bits per heavy atom. The largest absolute Gasteiger partial charge is 0.496 e. The number of halogens is 1. The molecule has 0 spiro atoms. The van der Waals surface area contributed by atoms with Gasteiger partial charge in [-0.1, -0.05) is 39.0 Å². The van der Waals surface area contributed by atoms with Gasteiger partial charge in [0.15, 0.2) is 0 Å². The van der Waals surface area contributed by atoms with Crippen LogP contribution in [0.1, 0.15) is 47.8 Å². The van der Waals surface area contributed by atoms with Crippen LogP contribution in [0.4, 0.5) is 10.1 Å². The van der Waals surface area contributed by atoms with Gasteiger partial charge in [-0.15, -0.1) is 0 Å². The van der Waals surface area contributed by atoms with Crippen LogP contribution in [-0.2, 0) is 20.2 Å². The van der Waals surface area contributed by atoms with Crippen molar-refractivity contribution in [1.29, 1.82) is 0 Å². The molecular formula is C27H29FN2O6S. The van der Waals surface area contributed by atoms with Gasteiger partial charge >= 0.3 is 5.97 Å². The van der Waals surface area contributed by atoms with Gasteiger partial charge in [0.1, 0.15) is 11.6 Å². The molecule has 0 saturated carbocycles. The fourth-order valence-electron chi connectivity index (χ4n) is 3.83. The Morgan fingerprint density at radius 1 is 1.05 bits per heavy atom. The minimum atomic E-state index is -3.55. The highest BCUT2D eigenvalue weighted by Crippen LogP contribution is 2.38. The fourth-order valence-corrected chi connectivity index (χ4v) is 4.39.